The van der Waals surface area contributed by atoms with E-state index in [2.05, 4.69) is 57.9 Å². The smallest absolute Gasteiger partial charge is 0.238 e. The van der Waals surface area contributed by atoms with Crippen LogP contribution in [-0.2, 0) is 20.7 Å². The first-order valence-corrected chi connectivity index (χ1v) is 13.2. The van der Waals surface area contributed by atoms with Crippen molar-refractivity contribution in [3.8, 4) is 0 Å². The molecule has 2 aromatic rings. The third-order valence-electron chi connectivity index (χ3n) is 6.51. The van der Waals surface area contributed by atoms with Crippen molar-refractivity contribution in [3.05, 3.63) is 46.7 Å². The van der Waals surface area contributed by atoms with Crippen LogP contribution in [0.1, 0.15) is 31.6 Å². The monoisotopic (exact) mass is 484 g/mol. The molecule has 2 aliphatic rings. The summed E-state index contributed by atoms with van der Waals surface area (Å²) in [4.78, 5) is 30.8. The van der Waals surface area contributed by atoms with Gasteiger partial charge in [0.25, 0.3) is 0 Å². The highest BCUT2D eigenvalue weighted by Gasteiger charge is 2.26. The Hall–Kier alpha value is -2.42. The Morgan fingerprint density at radius 2 is 1.76 bits per heavy atom. The van der Waals surface area contributed by atoms with Gasteiger partial charge in [-0.2, -0.15) is 0 Å². The topological polar surface area (TPSA) is 73.9 Å². The van der Waals surface area contributed by atoms with Crippen LogP contribution in [0.4, 0.5) is 11.4 Å². The lowest BCUT2D eigenvalue weighted by atomic mass is 9.96. The van der Waals surface area contributed by atoms with Gasteiger partial charge in [0.2, 0.25) is 11.8 Å². The second-order valence-electron chi connectivity index (χ2n) is 9.43. The minimum Gasteiger partial charge on any atom is -0.372 e. The van der Waals surface area contributed by atoms with Crippen molar-refractivity contribution in [2.45, 2.75) is 45.3 Å². The number of hydrogen-bond donors (Lipinski definition) is 2. The number of amides is 2. The molecule has 1 aromatic carbocycles. The molecule has 0 spiro atoms. The standard InChI is InChI=1S/C26H36N4O3S/c1-19-16-30(17-20(2)33-19)23-7-5-22(6-8-23)28-25(31)18-29-13-10-21(11-14-29)26(32)27-12-9-24-4-3-15-34-24/h3-8,15,19-21H,9-14,16-18H2,1-2H3,(H,27,32)(H,28,31). The molecule has 2 N–H and O–H groups in total. The Morgan fingerprint density at radius 3 is 2.41 bits per heavy atom. The fraction of sp³-hybridized carbons (Fsp3) is 0.538. The van der Waals surface area contributed by atoms with Crippen LogP contribution in [0.2, 0.25) is 0 Å². The van der Waals surface area contributed by atoms with E-state index in [-0.39, 0.29) is 29.9 Å². The van der Waals surface area contributed by atoms with Crippen LogP contribution in [0.3, 0.4) is 0 Å². The van der Waals surface area contributed by atoms with Crippen molar-refractivity contribution in [1.82, 2.24) is 10.2 Å². The summed E-state index contributed by atoms with van der Waals surface area (Å²) < 4.78 is 5.81. The molecule has 3 heterocycles. The Labute approximate surface area is 206 Å². The number of ether oxygens (including phenoxy) is 1. The van der Waals surface area contributed by atoms with E-state index in [9.17, 15) is 9.59 Å². The van der Waals surface area contributed by atoms with Crippen molar-refractivity contribution in [2.75, 3.05) is 49.5 Å². The van der Waals surface area contributed by atoms with Crippen LogP contribution in [0.15, 0.2) is 41.8 Å². The highest BCUT2D eigenvalue weighted by atomic mass is 32.1. The van der Waals surface area contributed by atoms with Crippen molar-refractivity contribution >= 4 is 34.5 Å². The van der Waals surface area contributed by atoms with Gasteiger partial charge in [-0.1, -0.05) is 6.07 Å². The average molecular weight is 485 g/mol. The maximum Gasteiger partial charge on any atom is 0.238 e. The van der Waals surface area contributed by atoms with Gasteiger partial charge in [0.15, 0.2) is 0 Å². The SMILES string of the molecule is CC1CN(c2ccc(NC(=O)CN3CCC(C(=O)NCCc4cccs4)CC3)cc2)CC(C)O1. The summed E-state index contributed by atoms with van der Waals surface area (Å²) in [7, 11) is 0. The molecule has 2 aliphatic heterocycles. The number of likely N-dealkylation sites (tertiary alicyclic amines) is 1. The summed E-state index contributed by atoms with van der Waals surface area (Å²) in [6, 6.07) is 12.2. The molecular weight excluding hydrogens is 448 g/mol. The van der Waals surface area contributed by atoms with Crippen LogP contribution in [0.25, 0.3) is 0 Å². The second-order valence-corrected chi connectivity index (χ2v) is 10.5. The minimum absolute atomic E-state index is 0.0137. The second kappa shape index (κ2) is 11.8. The van der Waals surface area contributed by atoms with Gasteiger partial charge in [-0.15, -0.1) is 11.3 Å². The number of rotatable bonds is 8. The molecule has 0 bridgehead atoms. The zero-order chi connectivity index (χ0) is 23.9. The summed E-state index contributed by atoms with van der Waals surface area (Å²) in [5, 5.41) is 8.14. The van der Waals surface area contributed by atoms with E-state index in [1.807, 2.05) is 18.2 Å². The number of thiophene rings is 1. The van der Waals surface area contributed by atoms with Gasteiger partial charge in [-0.3, -0.25) is 14.5 Å². The Bertz CT molecular complexity index is 916. The predicted octanol–water partition coefficient (Wildman–Crippen LogP) is 3.37. The number of nitrogens with zero attached hydrogens (tertiary/aromatic N) is 2. The molecule has 1 aromatic heterocycles. The summed E-state index contributed by atoms with van der Waals surface area (Å²) in [5.41, 5.74) is 1.96. The molecule has 2 saturated heterocycles. The van der Waals surface area contributed by atoms with Gasteiger partial charge in [0.05, 0.1) is 18.8 Å². The normalized spacial score (nSPS) is 21.9. The van der Waals surface area contributed by atoms with E-state index in [1.165, 1.54) is 4.88 Å². The van der Waals surface area contributed by atoms with Crippen LogP contribution in [0.5, 0.6) is 0 Å². The number of benzene rings is 1. The number of carbonyl (C=O) groups excluding carboxylic acids is 2. The van der Waals surface area contributed by atoms with Crippen LogP contribution in [-0.4, -0.2) is 68.2 Å². The van der Waals surface area contributed by atoms with E-state index < -0.39 is 0 Å². The van der Waals surface area contributed by atoms with E-state index >= 15 is 0 Å². The molecule has 2 amide bonds. The number of nitrogens with one attached hydrogen (secondary N) is 2. The first kappa shape index (κ1) is 24.7. The molecule has 2 fully saturated rings. The van der Waals surface area contributed by atoms with Gasteiger partial charge in [0, 0.05) is 41.8 Å². The molecule has 0 radical (unpaired) electrons. The van der Waals surface area contributed by atoms with Gasteiger partial charge >= 0.3 is 0 Å². The fourth-order valence-corrected chi connectivity index (χ4v) is 5.52. The van der Waals surface area contributed by atoms with E-state index in [1.54, 1.807) is 11.3 Å². The first-order valence-electron chi connectivity index (χ1n) is 12.3. The zero-order valence-corrected chi connectivity index (χ0v) is 21.0. The zero-order valence-electron chi connectivity index (χ0n) is 20.2. The minimum atomic E-state index is -0.0137. The predicted molar refractivity (Wildman–Crippen MR) is 137 cm³/mol. The molecular formula is C26H36N4O3S. The van der Waals surface area contributed by atoms with Crippen LogP contribution >= 0.6 is 11.3 Å². The summed E-state index contributed by atoms with van der Waals surface area (Å²) >= 11 is 1.72. The van der Waals surface area contributed by atoms with Crippen molar-refractivity contribution in [2.24, 2.45) is 5.92 Å². The molecule has 8 heteroatoms. The molecule has 0 aliphatic carbocycles. The molecule has 2 atom stereocenters. The largest absolute Gasteiger partial charge is 0.372 e. The number of carbonyl (C=O) groups is 2. The number of anilines is 2. The summed E-state index contributed by atoms with van der Waals surface area (Å²) in [5.74, 6) is 0.172. The lowest BCUT2D eigenvalue weighted by Crippen LogP contribution is -2.45. The lowest BCUT2D eigenvalue weighted by Gasteiger charge is -2.36. The highest BCUT2D eigenvalue weighted by molar-refractivity contribution is 7.09. The number of morpholine rings is 1. The van der Waals surface area contributed by atoms with Crippen molar-refractivity contribution in [1.29, 1.82) is 0 Å². The highest BCUT2D eigenvalue weighted by Crippen LogP contribution is 2.23. The van der Waals surface area contributed by atoms with Gasteiger partial charge in [-0.05, 0) is 81.9 Å². The van der Waals surface area contributed by atoms with Gasteiger partial charge in [0.1, 0.15) is 0 Å². The summed E-state index contributed by atoms with van der Waals surface area (Å²) in [6.07, 6.45) is 2.90. The number of hydrogen-bond acceptors (Lipinski definition) is 6. The Kier molecular flexibility index (Phi) is 8.59. The van der Waals surface area contributed by atoms with Gasteiger partial charge in [-0.25, -0.2) is 0 Å². The molecule has 184 valence electrons. The molecule has 2 unspecified atom stereocenters. The van der Waals surface area contributed by atoms with E-state index in [4.69, 9.17) is 4.74 Å². The molecule has 4 rings (SSSR count). The summed E-state index contributed by atoms with van der Waals surface area (Å²) in [6.45, 7) is 8.51. The maximum absolute atomic E-state index is 12.6. The molecule has 0 saturated carbocycles. The van der Waals surface area contributed by atoms with Crippen molar-refractivity contribution in [3.63, 3.8) is 0 Å². The number of piperidine rings is 1. The Balaban J connectivity index is 1.16. The van der Waals surface area contributed by atoms with E-state index in [0.29, 0.717) is 13.1 Å². The van der Waals surface area contributed by atoms with Crippen LogP contribution in [0, 0.1) is 5.92 Å². The first-order chi connectivity index (χ1) is 16.5. The lowest BCUT2D eigenvalue weighted by molar-refractivity contribution is -0.126. The van der Waals surface area contributed by atoms with Crippen LogP contribution < -0.4 is 15.5 Å². The van der Waals surface area contributed by atoms with E-state index in [0.717, 1.165) is 56.8 Å². The maximum atomic E-state index is 12.6. The van der Waals surface area contributed by atoms with Crippen molar-refractivity contribution < 1.29 is 14.3 Å². The average Bonchev–Trinajstić information content (AvgIpc) is 3.33. The fourth-order valence-electron chi connectivity index (χ4n) is 4.81. The molecule has 7 nitrogen and oxygen atoms in total. The Morgan fingerprint density at radius 1 is 1.06 bits per heavy atom. The van der Waals surface area contributed by atoms with Gasteiger partial charge < -0.3 is 20.3 Å². The third-order valence-corrected chi connectivity index (χ3v) is 7.45. The quantitative estimate of drug-likeness (QED) is 0.601. The third kappa shape index (κ3) is 7.04. The molecule has 34 heavy (non-hydrogen) atoms.